The number of hydrogen-bond donors (Lipinski definition) is 0. The minimum atomic E-state index is -4.24. The molecule has 0 radical (unpaired) electrons. The molecular formula is C25H24N2O3S4. The quantitative estimate of drug-likeness (QED) is 0.204. The Labute approximate surface area is 211 Å². The summed E-state index contributed by atoms with van der Waals surface area (Å²) in [7, 11) is -4.24. The van der Waals surface area contributed by atoms with Gasteiger partial charge in [-0.15, -0.1) is 34.0 Å². The predicted octanol–water partition coefficient (Wildman–Crippen LogP) is 6.48. The van der Waals surface area contributed by atoms with Crippen LogP contribution in [-0.2, 0) is 22.1 Å². The fourth-order valence-corrected chi connectivity index (χ4v) is 7.48. The van der Waals surface area contributed by atoms with Gasteiger partial charge in [-0.1, -0.05) is 6.07 Å². The van der Waals surface area contributed by atoms with Crippen molar-refractivity contribution in [3.8, 4) is 29.9 Å². The number of pyridine rings is 1. The first-order valence-electron chi connectivity index (χ1n) is 10.9. The van der Waals surface area contributed by atoms with Crippen LogP contribution < -0.4 is 4.57 Å². The van der Waals surface area contributed by atoms with Crippen LogP contribution in [0, 0.1) is 0 Å². The van der Waals surface area contributed by atoms with Gasteiger partial charge in [-0.3, -0.25) is 0 Å². The average Bonchev–Trinajstić information content (AvgIpc) is 3.55. The van der Waals surface area contributed by atoms with E-state index < -0.39 is 10.1 Å². The molecule has 9 heteroatoms. The molecule has 0 saturated carbocycles. The van der Waals surface area contributed by atoms with Gasteiger partial charge in [0.1, 0.15) is 5.71 Å². The first-order chi connectivity index (χ1) is 16.1. The maximum Gasteiger partial charge on any atom is 0.327 e. The van der Waals surface area contributed by atoms with Crippen LogP contribution in [0.25, 0.3) is 29.9 Å². The van der Waals surface area contributed by atoms with Gasteiger partial charge >= 0.3 is 5.82 Å². The first kappa shape index (κ1) is 23.6. The minimum Gasteiger partial charge on any atom is -0.748 e. The topological polar surface area (TPSA) is 73.4 Å². The van der Waals surface area contributed by atoms with Gasteiger partial charge in [-0.25, -0.2) is 13.0 Å². The molecule has 4 aromatic rings. The van der Waals surface area contributed by atoms with Gasteiger partial charge in [-0.05, 0) is 74.0 Å². The average molecular weight is 529 g/mol. The summed E-state index contributed by atoms with van der Waals surface area (Å²) in [5.41, 5.74) is 3.02. The van der Waals surface area contributed by atoms with Crippen LogP contribution in [-0.4, -0.2) is 24.4 Å². The molecule has 1 aliphatic heterocycles. The highest BCUT2D eigenvalue weighted by Crippen LogP contribution is 2.43. The molecule has 0 amide bonds. The lowest BCUT2D eigenvalue weighted by atomic mass is 9.82. The Morgan fingerprint density at radius 2 is 1.65 bits per heavy atom. The summed E-state index contributed by atoms with van der Waals surface area (Å²) in [6, 6.07) is 15.1. The Balaban J connectivity index is 1.49. The number of aliphatic imine (C=N–C) groups is 1. The van der Waals surface area contributed by atoms with E-state index >= 15 is 0 Å². The van der Waals surface area contributed by atoms with Crippen molar-refractivity contribution in [2.24, 2.45) is 4.99 Å². The van der Waals surface area contributed by atoms with Crippen molar-refractivity contribution >= 4 is 55.7 Å². The number of nitrogens with zero attached hydrogens (tertiary/aromatic N) is 2. The van der Waals surface area contributed by atoms with E-state index in [1.807, 2.05) is 17.7 Å². The second-order valence-electron chi connectivity index (χ2n) is 8.90. The fourth-order valence-electron chi connectivity index (χ4n) is 4.08. The molecule has 1 aliphatic rings. The highest BCUT2D eigenvalue weighted by atomic mass is 32.2. The number of thiophene rings is 3. The molecule has 5 nitrogen and oxygen atoms in total. The van der Waals surface area contributed by atoms with Crippen molar-refractivity contribution in [2.75, 3.05) is 5.75 Å². The van der Waals surface area contributed by atoms with E-state index in [0.29, 0.717) is 6.54 Å². The summed E-state index contributed by atoms with van der Waals surface area (Å²) in [5.74, 6) is 0.476. The maximum absolute atomic E-state index is 11.1. The number of aryl methyl sites for hydroxylation is 1. The molecule has 0 unspecified atom stereocenters. The van der Waals surface area contributed by atoms with Crippen molar-refractivity contribution in [1.82, 2.24) is 0 Å². The normalized spacial score (nSPS) is 14.9. The second-order valence-corrected chi connectivity index (χ2v) is 13.5. The fraction of sp³-hybridized carbons (Fsp3) is 0.280. The Kier molecular flexibility index (Phi) is 6.10. The van der Waals surface area contributed by atoms with Crippen molar-refractivity contribution in [1.29, 1.82) is 0 Å². The third-order valence-corrected chi connectivity index (χ3v) is 10.5. The lowest BCUT2D eigenvalue weighted by molar-refractivity contribution is -0.683. The van der Waals surface area contributed by atoms with E-state index in [1.165, 1.54) is 19.5 Å². The Morgan fingerprint density at radius 1 is 1.00 bits per heavy atom. The molecular weight excluding hydrogens is 505 g/mol. The SMILES string of the molecule is CC1=Nc2c(cc(-c3ccc(-c4ccc(-c5cccs5)s4)s3)c[n+]2CCCS(=O)(=O)[O-])C1(C)C. The lowest BCUT2D eigenvalue weighted by Crippen LogP contribution is -2.36. The van der Waals surface area contributed by atoms with E-state index in [9.17, 15) is 13.0 Å². The van der Waals surface area contributed by atoms with Gasteiger partial charge in [0.25, 0.3) is 0 Å². The molecule has 0 aliphatic carbocycles. The number of aromatic nitrogens is 1. The van der Waals surface area contributed by atoms with E-state index in [2.05, 4.69) is 61.7 Å². The van der Waals surface area contributed by atoms with Crippen molar-refractivity contribution in [3.63, 3.8) is 0 Å². The summed E-state index contributed by atoms with van der Waals surface area (Å²) in [6.45, 7) is 6.77. The molecule has 0 spiro atoms. The van der Waals surface area contributed by atoms with Gasteiger partial charge in [0.15, 0.2) is 0 Å². The molecule has 5 heterocycles. The number of rotatable bonds is 7. The Hall–Kier alpha value is -2.17. The zero-order chi connectivity index (χ0) is 24.1. The summed E-state index contributed by atoms with van der Waals surface area (Å²) in [4.78, 5) is 11.0. The molecule has 0 bridgehead atoms. The smallest absolute Gasteiger partial charge is 0.327 e. The molecule has 0 atom stereocenters. The Morgan fingerprint density at radius 3 is 2.29 bits per heavy atom. The van der Waals surface area contributed by atoms with Crippen LogP contribution in [0.4, 0.5) is 5.82 Å². The van der Waals surface area contributed by atoms with Crippen LogP contribution in [0.1, 0.15) is 32.8 Å². The highest BCUT2D eigenvalue weighted by molar-refractivity contribution is 7.85. The van der Waals surface area contributed by atoms with E-state index in [-0.39, 0.29) is 17.6 Å². The van der Waals surface area contributed by atoms with Crippen molar-refractivity contribution in [2.45, 2.75) is 39.2 Å². The third kappa shape index (κ3) is 4.55. The van der Waals surface area contributed by atoms with Gasteiger partial charge in [0.2, 0.25) is 0 Å². The molecule has 34 heavy (non-hydrogen) atoms. The molecule has 0 N–H and O–H groups in total. The maximum atomic E-state index is 11.1. The van der Waals surface area contributed by atoms with E-state index in [1.54, 1.807) is 34.0 Å². The zero-order valence-corrected chi connectivity index (χ0v) is 22.3. The van der Waals surface area contributed by atoms with Gasteiger partial charge in [-0.2, -0.15) is 0 Å². The second kappa shape index (κ2) is 8.80. The first-order valence-corrected chi connectivity index (χ1v) is 15.0. The van der Waals surface area contributed by atoms with Gasteiger partial charge in [0.05, 0.1) is 33.8 Å². The van der Waals surface area contributed by atoms with Crippen LogP contribution in [0.3, 0.4) is 0 Å². The van der Waals surface area contributed by atoms with Gasteiger partial charge in [0, 0.05) is 35.7 Å². The summed E-state index contributed by atoms with van der Waals surface area (Å²) < 4.78 is 35.4. The molecule has 0 aromatic carbocycles. The van der Waals surface area contributed by atoms with Crippen LogP contribution in [0.5, 0.6) is 0 Å². The standard InChI is InChI=1S/C25H24N2O3S4/c1-16-25(2,3)18-14-17(15-27(24(18)26-16)11-5-13-34(28,29)30)19-7-8-22(32-19)23-10-9-21(33-23)20-6-4-12-31-20/h4,6-10,12,14-15H,5,11,13H2,1-3H3. The molecule has 0 fully saturated rings. The third-order valence-electron chi connectivity index (χ3n) is 6.26. The number of hydrogen-bond acceptors (Lipinski definition) is 7. The molecule has 4 aromatic heterocycles. The minimum absolute atomic E-state index is 0.207. The van der Waals surface area contributed by atoms with Crippen LogP contribution >= 0.6 is 34.0 Å². The monoisotopic (exact) mass is 528 g/mol. The molecule has 0 saturated heterocycles. The lowest BCUT2D eigenvalue weighted by Gasteiger charge is -2.17. The Bertz CT molecular complexity index is 1490. The molecule has 176 valence electrons. The zero-order valence-electron chi connectivity index (χ0n) is 19.1. The van der Waals surface area contributed by atoms with E-state index in [4.69, 9.17) is 4.99 Å². The molecule has 5 rings (SSSR count). The van der Waals surface area contributed by atoms with E-state index in [0.717, 1.165) is 27.5 Å². The number of fused-ring (bicyclic) bond motifs is 1. The predicted molar refractivity (Wildman–Crippen MR) is 142 cm³/mol. The summed E-state index contributed by atoms with van der Waals surface area (Å²) in [5, 5.41) is 2.10. The summed E-state index contributed by atoms with van der Waals surface area (Å²) >= 11 is 5.30. The summed E-state index contributed by atoms with van der Waals surface area (Å²) in [6.07, 6.45) is 2.30. The van der Waals surface area contributed by atoms with Crippen molar-refractivity contribution < 1.29 is 17.5 Å². The van der Waals surface area contributed by atoms with Crippen LogP contribution in [0.15, 0.2) is 59.0 Å². The van der Waals surface area contributed by atoms with Crippen LogP contribution in [0.2, 0.25) is 0 Å². The highest BCUT2D eigenvalue weighted by Gasteiger charge is 2.41. The largest absolute Gasteiger partial charge is 0.748 e. The van der Waals surface area contributed by atoms with Gasteiger partial charge < -0.3 is 4.55 Å². The van der Waals surface area contributed by atoms with Crippen molar-refractivity contribution in [3.05, 3.63) is 59.6 Å².